The van der Waals surface area contributed by atoms with Crippen molar-refractivity contribution in [3.63, 3.8) is 0 Å². The highest BCUT2D eigenvalue weighted by molar-refractivity contribution is 6.09. The quantitative estimate of drug-likeness (QED) is 0.189. The van der Waals surface area contributed by atoms with E-state index >= 15 is 0 Å². The zero-order valence-electron chi connectivity index (χ0n) is 30.1. The third kappa shape index (κ3) is 6.02. The first-order valence-electron chi connectivity index (χ1n) is 17.5. The van der Waals surface area contributed by atoms with Crippen LogP contribution in [0.2, 0.25) is 0 Å². The molecule has 6 aromatic rings. The maximum atomic E-state index is 6.61. The monoisotopic (exact) mass is 635 g/mol. The standard InChI is InChI=1S/C44H49N3O/c1-27-19-42(46-25-29(27)3)47-40-16-13-32(43(5,6)7)21-38(40)36-15-14-34(22-41(36)47)48-33-12-10-11-31(20-33)39-23-37(30(4)26-45-39)35-17-18-44(8,9)24-28(35)2/h10-16,19-23,25-26,28,35H,17-18,24H2,1-9H3. The Morgan fingerprint density at radius 1 is 0.771 bits per heavy atom. The number of fused-ring (bicyclic) bond motifs is 3. The molecule has 3 aromatic heterocycles. The Labute approximate surface area is 286 Å². The molecule has 0 aliphatic heterocycles. The zero-order chi connectivity index (χ0) is 34.0. The van der Waals surface area contributed by atoms with Gasteiger partial charge in [0.1, 0.15) is 17.3 Å². The molecule has 3 aromatic carbocycles. The molecule has 4 heteroatoms. The lowest BCUT2D eigenvalue weighted by atomic mass is 9.65. The van der Waals surface area contributed by atoms with Gasteiger partial charge in [-0.1, -0.05) is 59.7 Å². The largest absolute Gasteiger partial charge is 0.457 e. The summed E-state index contributed by atoms with van der Waals surface area (Å²) in [6.07, 6.45) is 7.79. The van der Waals surface area contributed by atoms with Crippen molar-refractivity contribution in [2.75, 3.05) is 0 Å². The van der Waals surface area contributed by atoms with Crippen LogP contribution in [0.15, 0.2) is 85.2 Å². The smallest absolute Gasteiger partial charge is 0.137 e. The number of hydrogen-bond donors (Lipinski definition) is 0. The minimum absolute atomic E-state index is 0.0496. The van der Waals surface area contributed by atoms with E-state index in [1.165, 1.54) is 57.9 Å². The van der Waals surface area contributed by atoms with Crippen LogP contribution in [0.4, 0.5) is 0 Å². The fourth-order valence-electron chi connectivity index (χ4n) is 7.87. The number of pyridine rings is 2. The number of rotatable bonds is 5. The van der Waals surface area contributed by atoms with Gasteiger partial charge in [-0.05, 0) is 139 Å². The van der Waals surface area contributed by atoms with Gasteiger partial charge in [0.05, 0.1) is 16.7 Å². The molecule has 0 spiro atoms. The van der Waals surface area contributed by atoms with Gasteiger partial charge < -0.3 is 4.74 Å². The van der Waals surface area contributed by atoms with E-state index in [1.807, 2.05) is 12.3 Å². The minimum Gasteiger partial charge on any atom is -0.457 e. The molecule has 1 aliphatic carbocycles. The van der Waals surface area contributed by atoms with Crippen molar-refractivity contribution in [3.05, 3.63) is 113 Å². The lowest BCUT2D eigenvalue weighted by Crippen LogP contribution is -2.27. The van der Waals surface area contributed by atoms with Crippen molar-refractivity contribution >= 4 is 21.8 Å². The summed E-state index contributed by atoms with van der Waals surface area (Å²) in [6.45, 7) is 20.5. The minimum atomic E-state index is 0.0496. The van der Waals surface area contributed by atoms with Gasteiger partial charge in [0.15, 0.2) is 0 Å². The highest BCUT2D eigenvalue weighted by Crippen LogP contribution is 2.47. The molecule has 2 atom stereocenters. The molecule has 0 N–H and O–H groups in total. The van der Waals surface area contributed by atoms with Crippen LogP contribution in [-0.4, -0.2) is 14.5 Å². The molecule has 1 saturated carbocycles. The van der Waals surface area contributed by atoms with Crippen LogP contribution in [0, 0.1) is 32.1 Å². The Balaban J connectivity index is 1.26. The Kier molecular flexibility index (Phi) is 7.97. The first-order chi connectivity index (χ1) is 22.8. The first-order valence-corrected chi connectivity index (χ1v) is 17.5. The number of aryl methyl sites for hydroxylation is 3. The summed E-state index contributed by atoms with van der Waals surface area (Å²) in [4.78, 5) is 9.77. The SMILES string of the molecule is Cc1cnc(-n2c3ccc(C(C)(C)C)cc3c3ccc(Oc4cccc(-c5cc(C6CCC(C)(C)CC6C)c(C)cn5)c4)cc32)cc1C. The Morgan fingerprint density at radius 2 is 1.54 bits per heavy atom. The molecule has 4 nitrogen and oxygen atoms in total. The Hall–Kier alpha value is -4.44. The van der Waals surface area contributed by atoms with Crippen LogP contribution in [0.25, 0.3) is 38.9 Å². The number of nitrogens with zero attached hydrogens (tertiary/aromatic N) is 3. The van der Waals surface area contributed by atoms with Gasteiger partial charge in [0.25, 0.3) is 0 Å². The molecule has 2 unspecified atom stereocenters. The van der Waals surface area contributed by atoms with Crippen LogP contribution < -0.4 is 4.74 Å². The Bertz CT molecular complexity index is 2160. The molecule has 246 valence electrons. The van der Waals surface area contributed by atoms with E-state index in [0.29, 0.717) is 17.3 Å². The van der Waals surface area contributed by atoms with Crippen LogP contribution in [0.5, 0.6) is 11.5 Å². The summed E-state index contributed by atoms with van der Waals surface area (Å²) in [5.41, 5.74) is 11.2. The molecule has 0 amide bonds. The summed E-state index contributed by atoms with van der Waals surface area (Å²) < 4.78 is 8.88. The van der Waals surface area contributed by atoms with E-state index in [0.717, 1.165) is 39.6 Å². The number of ether oxygens (including phenoxy) is 1. The summed E-state index contributed by atoms with van der Waals surface area (Å²) in [7, 11) is 0. The molecule has 0 radical (unpaired) electrons. The predicted octanol–water partition coefficient (Wildman–Crippen LogP) is 12.2. The van der Waals surface area contributed by atoms with Gasteiger partial charge in [0.2, 0.25) is 0 Å². The summed E-state index contributed by atoms with van der Waals surface area (Å²) in [5.74, 6) is 3.73. The van der Waals surface area contributed by atoms with Gasteiger partial charge in [-0.15, -0.1) is 0 Å². The van der Waals surface area contributed by atoms with Crippen LogP contribution in [0.1, 0.15) is 94.5 Å². The van der Waals surface area contributed by atoms with Crippen molar-refractivity contribution in [1.82, 2.24) is 14.5 Å². The third-order valence-electron chi connectivity index (χ3n) is 10.8. The fraction of sp³-hybridized carbons (Fsp3) is 0.364. The lowest BCUT2D eigenvalue weighted by molar-refractivity contribution is 0.167. The van der Waals surface area contributed by atoms with Crippen molar-refractivity contribution in [2.45, 2.75) is 92.9 Å². The summed E-state index contributed by atoms with van der Waals surface area (Å²) in [5, 5.41) is 2.41. The van der Waals surface area contributed by atoms with Crippen molar-refractivity contribution in [2.24, 2.45) is 11.3 Å². The third-order valence-corrected chi connectivity index (χ3v) is 10.8. The van der Waals surface area contributed by atoms with Crippen molar-refractivity contribution in [1.29, 1.82) is 0 Å². The summed E-state index contributed by atoms with van der Waals surface area (Å²) in [6, 6.07) is 26.2. The van der Waals surface area contributed by atoms with Crippen molar-refractivity contribution < 1.29 is 4.74 Å². The molecule has 0 bridgehead atoms. The molecular weight excluding hydrogens is 587 g/mol. The van der Waals surface area contributed by atoms with E-state index in [1.54, 1.807) is 0 Å². The summed E-state index contributed by atoms with van der Waals surface area (Å²) >= 11 is 0. The maximum Gasteiger partial charge on any atom is 0.137 e. The van der Waals surface area contributed by atoms with E-state index < -0.39 is 0 Å². The van der Waals surface area contributed by atoms with Gasteiger partial charge >= 0.3 is 0 Å². The second-order valence-corrected chi connectivity index (χ2v) is 16.2. The molecule has 48 heavy (non-hydrogen) atoms. The van der Waals surface area contributed by atoms with E-state index in [-0.39, 0.29) is 5.41 Å². The van der Waals surface area contributed by atoms with Crippen molar-refractivity contribution in [3.8, 4) is 28.6 Å². The molecule has 1 fully saturated rings. The molecule has 7 rings (SSSR count). The van der Waals surface area contributed by atoms with Gasteiger partial charge in [-0.3, -0.25) is 9.55 Å². The maximum absolute atomic E-state index is 6.61. The topological polar surface area (TPSA) is 39.9 Å². The van der Waals surface area contributed by atoms with Gasteiger partial charge in [-0.2, -0.15) is 0 Å². The molecule has 1 aliphatic rings. The number of aromatic nitrogens is 3. The molecule has 3 heterocycles. The van der Waals surface area contributed by atoms with Gasteiger partial charge in [-0.25, -0.2) is 4.98 Å². The normalized spacial score (nSPS) is 18.0. The second kappa shape index (κ2) is 11.9. The van der Waals surface area contributed by atoms with Crippen LogP contribution >= 0.6 is 0 Å². The number of benzene rings is 3. The molecular formula is C44H49N3O. The second-order valence-electron chi connectivity index (χ2n) is 16.2. The highest BCUT2D eigenvalue weighted by atomic mass is 16.5. The average molecular weight is 636 g/mol. The average Bonchev–Trinajstić information content (AvgIpc) is 3.35. The number of hydrogen-bond acceptors (Lipinski definition) is 3. The zero-order valence-corrected chi connectivity index (χ0v) is 30.1. The van der Waals surface area contributed by atoms with Crippen LogP contribution in [0.3, 0.4) is 0 Å². The lowest BCUT2D eigenvalue weighted by Gasteiger charge is -2.40. The van der Waals surface area contributed by atoms with E-state index in [4.69, 9.17) is 14.7 Å². The fourth-order valence-corrected chi connectivity index (χ4v) is 7.87. The molecule has 0 saturated heterocycles. The predicted molar refractivity (Wildman–Crippen MR) is 201 cm³/mol. The highest BCUT2D eigenvalue weighted by Gasteiger charge is 2.34. The Morgan fingerprint density at radius 3 is 2.29 bits per heavy atom. The van der Waals surface area contributed by atoms with E-state index in [2.05, 4.69) is 140 Å². The van der Waals surface area contributed by atoms with Crippen LogP contribution in [-0.2, 0) is 5.41 Å². The first kappa shape index (κ1) is 32.1. The van der Waals surface area contributed by atoms with Gasteiger partial charge in [0, 0.05) is 34.8 Å². The van der Waals surface area contributed by atoms with E-state index in [9.17, 15) is 0 Å².